The number of H-pyrrole nitrogens is 1. The van der Waals surface area contributed by atoms with Gasteiger partial charge in [-0.2, -0.15) is 0 Å². The van der Waals surface area contributed by atoms with Crippen LogP contribution in [0.4, 0.5) is 0 Å². The summed E-state index contributed by atoms with van der Waals surface area (Å²) in [5, 5.41) is 13.1. The van der Waals surface area contributed by atoms with E-state index < -0.39 is 12.6 Å². The lowest BCUT2D eigenvalue weighted by molar-refractivity contribution is -0.142. The van der Waals surface area contributed by atoms with Gasteiger partial charge in [0.2, 0.25) is 6.61 Å². The molecular formula is C16H13N3O3. The number of aromatic nitrogens is 2. The second kappa shape index (κ2) is 6.09. The fourth-order valence-electron chi connectivity index (χ4n) is 2.15. The summed E-state index contributed by atoms with van der Waals surface area (Å²) in [7, 11) is 0. The van der Waals surface area contributed by atoms with Gasteiger partial charge in [-0.15, -0.1) is 0 Å². The van der Waals surface area contributed by atoms with Gasteiger partial charge in [0.1, 0.15) is 0 Å². The van der Waals surface area contributed by atoms with E-state index >= 15 is 0 Å². The quantitative estimate of drug-likeness (QED) is 0.559. The van der Waals surface area contributed by atoms with Crippen molar-refractivity contribution >= 4 is 23.1 Å². The van der Waals surface area contributed by atoms with Crippen molar-refractivity contribution in [3.8, 4) is 11.3 Å². The molecule has 0 fully saturated rings. The molecule has 0 aliphatic carbocycles. The second-order valence-electron chi connectivity index (χ2n) is 4.62. The fraction of sp³-hybridized carbons (Fsp3) is 0.0625. The van der Waals surface area contributed by atoms with Gasteiger partial charge in [-0.3, -0.25) is 4.98 Å². The number of aromatic amines is 1. The maximum absolute atomic E-state index is 10.3. The van der Waals surface area contributed by atoms with E-state index in [4.69, 9.17) is 5.11 Å². The number of aliphatic carboxylic acids is 1. The molecule has 6 heteroatoms. The van der Waals surface area contributed by atoms with Crippen molar-refractivity contribution in [1.82, 2.24) is 9.97 Å². The molecule has 3 aromatic rings. The zero-order chi connectivity index (χ0) is 15.4. The molecule has 2 heterocycles. The number of pyridine rings is 1. The van der Waals surface area contributed by atoms with Crippen LogP contribution in [0.1, 0.15) is 5.69 Å². The lowest BCUT2D eigenvalue weighted by Crippen LogP contribution is -2.03. The molecule has 0 spiro atoms. The summed E-state index contributed by atoms with van der Waals surface area (Å²) in [6.45, 7) is -0.465. The normalized spacial score (nSPS) is 11.1. The van der Waals surface area contributed by atoms with E-state index in [0.717, 1.165) is 22.2 Å². The number of nitrogens with zero attached hydrogens (tertiary/aromatic N) is 2. The first-order valence-corrected chi connectivity index (χ1v) is 6.64. The molecule has 0 bridgehead atoms. The number of carbonyl (C=O) groups is 1. The number of hydrogen-bond donors (Lipinski definition) is 2. The first-order valence-electron chi connectivity index (χ1n) is 6.64. The Morgan fingerprint density at radius 1 is 1.32 bits per heavy atom. The molecule has 110 valence electrons. The number of carboxylic acids is 1. The van der Waals surface area contributed by atoms with Crippen molar-refractivity contribution in [1.29, 1.82) is 0 Å². The maximum atomic E-state index is 10.3. The van der Waals surface area contributed by atoms with Gasteiger partial charge >= 0.3 is 5.97 Å². The predicted octanol–water partition coefficient (Wildman–Crippen LogP) is 2.67. The van der Waals surface area contributed by atoms with E-state index in [1.807, 2.05) is 42.5 Å². The molecule has 0 aliphatic heterocycles. The molecule has 2 aromatic heterocycles. The smallest absolute Gasteiger partial charge is 0.344 e. The molecule has 0 unspecified atom stereocenters. The number of rotatable bonds is 5. The number of oxime groups is 1. The summed E-state index contributed by atoms with van der Waals surface area (Å²) in [6.07, 6.45) is 3.19. The summed E-state index contributed by atoms with van der Waals surface area (Å²) in [6, 6.07) is 13.7. The van der Waals surface area contributed by atoms with Gasteiger partial charge in [-0.05, 0) is 12.1 Å². The van der Waals surface area contributed by atoms with Crippen LogP contribution in [0.3, 0.4) is 0 Å². The third-order valence-electron chi connectivity index (χ3n) is 3.07. The molecule has 0 amide bonds. The van der Waals surface area contributed by atoms with Crippen LogP contribution in [0.5, 0.6) is 0 Å². The third-order valence-corrected chi connectivity index (χ3v) is 3.07. The third kappa shape index (κ3) is 2.95. The van der Waals surface area contributed by atoms with Crippen LogP contribution in [0.2, 0.25) is 0 Å². The number of fused-ring (bicyclic) bond motifs is 1. The second-order valence-corrected chi connectivity index (χ2v) is 4.62. The van der Waals surface area contributed by atoms with E-state index in [-0.39, 0.29) is 0 Å². The van der Waals surface area contributed by atoms with E-state index in [9.17, 15) is 4.79 Å². The highest BCUT2D eigenvalue weighted by atomic mass is 16.6. The van der Waals surface area contributed by atoms with E-state index in [1.165, 1.54) is 6.21 Å². The Labute approximate surface area is 126 Å². The highest BCUT2D eigenvalue weighted by Gasteiger charge is 2.07. The number of hydrogen-bond acceptors (Lipinski definition) is 4. The van der Waals surface area contributed by atoms with Crippen molar-refractivity contribution in [2.24, 2.45) is 5.16 Å². The standard InChI is InChI=1S/C16H13N3O3/c20-14(21)10-22-18-9-13-8-12-6-7-17-15(16(12)19-13)11-4-2-1-3-5-11/h1-9,19H,10H2,(H,20,21). The van der Waals surface area contributed by atoms with E-state index in [0.29, 0.717) is 5.69 Å². The Hall–Kier alpha value is -3.15. The highest BCUT2D eigenvalue weighted by Crippen LogP contribution is 2.25. The molecule has 0 aliphatic rings. The van der Waals surface area contributed by atoms with Crippen LogP contribution >= 0.6 is 0 Å². The van der Waals surface area contributed by atoms with Crippen LogP contribution in [0.15, 0.2) is 53.8 Å². The lowest BCUT2D eigenvalue weighted by Gasteiger charge is -2.01. The monoisotopic (exact) mass is 295 g/mol. The predicted molar refractivity (Wildman–Crippen MR) is 82.7 cm³/mol. The minimum atomic E-state index is -1.07. The van der Waals surface area contributed by atoms with Gasteiger partial charge in [-0.1, -0.05) is 35.5 Å². The van der Waals surface area contributed by atoms with E-state index in [2.05, 4.69) is 20.0 Å². The summed E-state index contributed by atoms with van der Waals surface area (Å²) in [4.78, 5) is 22.6. The summed E-state index contributed by atoms with van der Waals surface area (Å²) < 4.78 is 0. The molecule has 2 N–H and O–H groups in total. The molecule has 0 saturated heterocycles. The largest absolute Gasteiger partial charge is 0.479 e. The van der Waals surface area contributed by atoms with Crippen LogP contribution in [0.25, 0.3) is 22.2 Å². The zero-order valence-electron chi connectivity index (χ0n) is 11.6. The van der Waals surface area contributed by atoms with Crippen LogP contribution in [0, 0.1) is 0 Å². The highest BCUT2D eigenvalue weighted by molar-refractivity contribution is 5.96. The maximum Gasteiger partial charge on any atom is 0.344 e. The molecule has 6 nitrogen and oxygen atoms in total. The zero-order valence-corrected chi connectivity index (χ0v) is 11.6. The van der Waals surface area contributed by atoms with E-state index in [1.54, 1.807) is 6.20 Å². The SMILES string of the molecule is O=C(O)CON=Cc1cc2ccnc(-c3ccccc3)c2[nH]1. The average Bonchev–Trinajstić information content (AvgIpc) is 2.95. The Balaban J connectivity index is 1.92. The van der Waals surface area contributed by atoms with Gasteiger partial charge in [0.05, 0.1) is 23.1 Å². The lowest BCUT2D eigenvalue weighted by atomic mass is 10.1. The molecule has 22 heavy (non-hydrogen) atoms. The molecular weight excluding hydrogens is 282 g/mol. The van der Waals surface area contributed by atoms with Gasteiger partial charge in [0.15, 0.2) is 0 Å². The minimum Gasteiger partial charge on any atom is -0.479 e. The van der Waals surface area contributed by atoms with Crippen molar-refractivity contribution < 1.29 is 14.7 Å². The summed E-state index contributed by atoms with van der Waals surface area (Å²) in [5.41, 5.74) is 3.48. The van der Waals surface area contributed by atoms with Gasteiger partial charge < -0.3 is 14.9 Å². The first kappa shape index (κ1) is 13.8. The van der Waals surface area contributed by atoms with Crippen molar-refractivity contribution in [2.75, 3.05) is 6.61 Å². The van der Waals surface area contributed by atoms with Gasteiger partial charge in [0.25, 0.3) is 0 Å². The number of carboxylic acid groups (broad SMARTS) is 1. The Bertz CT molecular complexity index is 825. The van der Waals surface area contributed by atoms with Gasteiger partial charge in [-0.25, -0.2) is 4.79 Å². The Morgan fingerprint density at radius 3 is 2.91 bits per heavy atom. The van der Waals surface area contributed by atoms with Gasteiger partial charge in [0, 0.05) is 17.1 Å². The van der Waals surface area contributed by atoms with Crippen LogP contribution in [-0.2, 0) is 9.63 Å². The molecule has 0 atom stereocenters. The summed E-state index contributed by atoms with van der Waals surface area (Å²) in [5.74, 6) is -1.07. The van der Waals surface area contributed by atoms with Crippen molar-refractivity contribution in [3.63, 3.8) is 0 Å². The van der Waals surface area contributed by atoms with Crippen LogP contribution < -0.4 is 0 Å². The van der Waals surface area contributed by atoms with Crippen molar-refractivity contribution in [2.45, 2.75) is 0 Å². The van der Waals surface area contributed by atoms with Crippen LogP contribution in [-0.4, -0.2) is 33.9 Å². The topological polar surface area (TPSA) is 87.6 Å². The molecule has 0 radical (unpaired) electrons. The first-order chi connectivity index (χ1) is 10.7. The Kier molecular flexibility index (Phi) is 3.82. The summed E-state index contributed by atoms with van der Waals surface area (Å²) >= 11 is 0. The average molecular weight is 295 g/mol. The molecule has 3 rings (SSSR count). The van der Waals surface area contributed by atoms with Crippen molar-refractivity contribution in [3.05, 3.63) is 54.4 Å². The molecule has 1 aromatic carbocycles. The Morgan fingerprint density at radius 2 is 2.14 bits per heavy atom. The number of nitrogens with one attached hydrogen (secondary N) is 1. The minimum absolute atomic E-state index is 0.465. The fourth-order valence-corrected chi connectivity index (χ4v) is 2.15. The number of benzene rings is 1. The molecule has 0 saturated carbocycles.